The van der Waals surface area contributed by atoms with E-state index in [1.54, 1.807) is 36.4 Å². The Morgan fingerprint density at radius 3 is 2.28 bits per heavy atom. The Morgan fingerprint density at radius 2 is 1.64 bits per heavy atom. The van der Waals surface area contributed by atoms with Crippen molar-refractivity contribution in [3.8, 4) is 0 Å². The third-order valence-corrected chi connectivity index (χ3v) is 3.58. The van der Waals surface area contributed by atoms with Gasteiger partial charge in [0.1, 0.15) is 6.54 Å². The molecule has 2 aromatic carbocycles. The van der Waals surface area contributed by atoms with Gasteiger partial charge in [-0.25, -0.2) is 4.79 Å². The van der Waals surface area contributed by atoms with Gasteiger partial charge >= 0.3 is 6.03 Å². The van der Waals surface area contributed by atoms with Crippen LogP contribution in [0.25, 0.3) is 0 Å². The van der Waals surface area contributed by atoms with E-state index in [9.17, 15) is 14.4 Å². The highest BCUT2D eigenvalue weighted by Crippen LogP contribution is 2.12. The minimum Gasteiger partial charge on any atom is -0.325 e. The average molecular weight is 339 g/mol. The second kappa shape index (κ2) is 8.10. The summed E-state index contributed by atoms with van der Waals surface area (Å²) in [4.78, 5) is 36.9. The molecule has 0 aromatic heterocycles. The number of likely N-dealkylation sites (N-methyl/N-ethyl adjacent to an activating group) is 1. The fraction of sp³-hybridized carbons (Fsp3) is 0.211. The smallest absolute Gasteiger partial charge is 0.322 e. The van der Waals surface area contributed by atoms with Gasteiger partial charge in [-0.2, -0.15) is 0 Å². The maximum absolute atomic E-state index is 12.2. The van der Waals surface area contributed by atoms with Crippen molar-refractivity contribution in [1.29, 1.82) is 0 Å². The number of hydrogen-bond donors (Lipinski definition) is 2. The first-order chi connectivity index (χ1) is 11.8. The molecule has 0 heterocycles. The highest BCUT2D eigenvalue weighted by atomic mass is 16.2. The number of carbonyl (C=O) groups is 3. The van der Waals surface area contributed by atoms with Gasteiger partial charge in [0.05, 0.1) is 0 Å². The van der Waals surface area contributed by atoms with Crippen LogP contribution in [0.5, 0.6) is 0 Å². The zero-order valence-electron chi connectivity index (χ0n) is 14.5. The molecule has 0 atom stereocenters. The molecule has 3 amide bonds. The van der Waals surface area contributed by atoms with Crippen LogP contribution in [0.15, 0.2) is 48.5 Å². The zero-order chi connectivity index (χ0) is 18.4. The van der Waals surface area contributed by atoms with Gasteiger partial charge in [-0.1, -0.05) is 29.8 Å². The Balaban J connectivity index is 1.91. The number of benzene rings is 2. The van der Waals surface area contributed by atoms with Crippen molar-refractivity contribution in [3.63, 3.8) is 0 Å². The van der Waals surface area contributed by atoms with Crippen LogP contribution in [0.1, 0.15) is 22.8 Å². The first-order valence-corrected chi connectivity index (χ1v) is 7.85. The number of anilines is 2. The Labute approximate surface area is 146 Å². The van der Waals surface area contributed by atoms with Crippen molar-refractivity contribution in [2.45, 2.75) is 13.8 Å². The third kappa shape index (κ3) is 5.46. The van der Waals surface area contributed by atoms with Crippen molar-refractivity contribution >= 4 is 29.1 Å². The van der Waals surface area contributed by atoms with Crippen LogP contribution in [-0.4, -0.2) is 36.2 Å². The molecule has 6 heteroatoms. The lowest BCUT2D eigenvalue weighted by molar-refractivity contribution is -0.116. The summed E-state index contributed by atoms with van der Waals surface area (Å²) in [6.45, 7) is 3.33. The van der Waals surface area contributed by atoms with Crippen LogP contribution < -0.4 is 10.6 Å². The number of Topliss-reactive ketones (excluding diaryl/α,β-unsaturated/α-hetero) is 1. The van der Waals surface area contributed by atoms with Gasteiger partial charge in [0, 0.05) is 24.0 Å². The minimum atomic E-state index is -0.431. The fourth-order valence-electron chi connectivity index (χ4n) is 2.16. The summed E-state index contributed by atoms with van der Waals surface area (Å²) in [7, 11) is 1.53. The van der Waals surface area contributed by atoms with Crippen LogP contribution in [0, 0.1) is 6.92 Å². The number of ketones is 1. The number of urea groups is 1. The van der Waals surface area contributed by atoms with Gasteiger partial charge in [0.25, 0.3) is 0 Å². The molecule has 6 nitrogen and oxygen atoms in total. The van der Waals surface area contributed by atoms with E-state index in [0.29, 0.717) is 16.9 Å². The molecule has 0 aliphatic carbocycles. The first-order valence-electron chi connectivity index (χ1n) is 7.85. The predicted octanol–water partition coefficient (Wildman–Crippen LogP) is 3.30. The number of rotatable bonds is 5. The molecule has 0 saturated heterocycles. The lowest BCUT2D eigenvalue weighted by Gasteiger charge is -2.18. The van der Waals surface area contributed by atoms with Crippen molar-refractivity contribution < 1.29 is 14.4 Å². The zero-order valence-corrected chi connectivity index (χ0v) is 14.5. The van der Waals surface area contributed by atoms with Crippen molar-refractivity contribution in [1.82, 2.24) is 4.90 Å². The fourth-order valence-corrected chi connectivity index (χ4v) is 2.16. The maximum Gasteiger partial charge on any atom is 0.322 e. The second-order valence-electron chi connectivity index (χ2n) is 5.84. The third-order valence-electron chi connectivity index (χ3n) is 3.58. The molecular formula is C19H21N3O3. The monoisotopic (exact) mass is 339 g/mol. The van der Waals surface area contributed by atoms with Gasteiger partial charge < -0.3 is 15.5 Å². The number of nitrogens with one attached hydrogen (secondary N) is 2. The SMILES string of the molecule is CC(=O)c1cccc(NC(=O)N(C)CC(=O)Nc2ccc(C)cc2)c1. The van der Waals surface area contributed by atoms with E-state index in [1.165, 1.54) is 18.9 Å². The van der Waals surface area contributed by atoms with E-state index in [4.69, 9.17) is 0 Å². The molecule has 130 valence electrons. The molecule has 2 aromatic rings. The normalized spacial score (nSPS) is 10.0. The number of amides is 3. The summed E-state index contributed by atoms with van der Waals surface area (Å²) in [5.74, 6) is -0.374. The lowest BCUT2D eigenvalue weighted by atomic mass is 10.1. The van der Waals surface area contributed by atoms with Gasteiger partial charge in [-0.15, -0.1) is 0 Å². The highest BCUT2D eigenvalue weighted by molar-refractivity contribution is 5.98. The number of aryl methyl sites for hydroxylation is 1. The quantitative estimate of drug-likeness (QED) is 0.821. The summed E-state index contributed by atoms with van der Waals surface area (Å²) >= 11 is 0. The molecule has 0 bridgehead atoms. The molecule has 0 aliphatic rings. The molecular weight excluding hydrogens is 318 g/mol. The number of nitrogens with zero attached hydrogens (tertiary/aromatic N) is 1. The van der Waals surface area contributed by atoms with Crippen molar-refractivity contribution in [3.05, 3.63) is 59.7 Å². The van der Waals surface area contributed by atoms with Crippen LogP contribution >= 0.6 is 0 Å². The van der Waals surface area contributed by atoms with E-state index in [1.807, 2.05) is 19.1 Å². The molecule has 0 unspecified atom stereocenters. The first kappa shape index (κ1) is 18.2. The lowest BCUT2D eigenvalue weighted by Crippen LogP contribution is -2.37. The van der Waals surface area contributed by atoms with Crippen LogP contribution in [-0.2, 0) is 4.79 Å². The standard InChI is InChI=1S/C19H21N3O3/c1-13-7-9-16(10-8-13)20-18(24)12-22(3)19(25)21-17-6-4-5-15(11-17)14(2)23/h4-11H,12H2,1-3H3,(H,20,24)(H,21,25). The summed E-state index contributed by atoms with van der Waals surface area (Å²) in [6, 6.07) is 13.6. The van der Waals surface area contributed by atoms with E-state index in [2.05, 4.69) is 10.6 Å². The predicted molar refractivity (Wildman–Crippen MR) is 97.9 cm³/mol. The van der Waals surface area contributed by atoms with Gasteiger partial charge in [0.2, 0.25) is 5.91 Å². The van der Waals surface area contributed by atoms with Gasteiger partial charge in [0.15, 0.2) is 5.78 Å². The summed E-state index contributed by atoms with van der Waals surface area (Å²) in [5.41, 5.74) is 2.79. The van der Waals surface area contributed by atoms with Crippen molar-refractivity contribution in [2.24, 2.45) is 0 Å². The van der Waals surface area contributed by atoms with Crippen LogP contribution in [0.4, 0.5) is 16.2 Å². The largest absolute Gasteiger partial charge is 0.325 e. The summed E-state index contributed by atoms with van der Waals surface area (Å²) in [5, 5.41) is 5.41. The number of hydrogen-bond acceptors (Lipinski definition) is 3. The van der Waals surface area contributed by atoms with Gasteiger partial charge in [-0.3, -0.25) is 9.59 Å². The molecule has 0 aliphatic heterocycles. The Morgan fingerprint density at radius 1 is 0.960 bits per heavy atom. The topological polar surface area (TPSA) is 78.5 Å². The molecule has 0 fully saturated rings. The number of carbonyl (C=O) groups excluding carboxylic acids is 3. The molecule has 25 heavy (non-hydrogen) atoms. The molecule has 0 saturated carbocycles. The molecule has 2 N–H and O–H groups in total. The molecule has 2 rings (SSSR count). The van der Waals surface area contributed by atoms with E-state index >= 15 is 0 Å². The van der Waals surface area contributed by atoms with E-state index < -0.39 is 6.03 Å². The Bertz CT molecular complexity index is 785. The van der Waals surface area contributed by atoms with E-state index in [0.717, 1.165) is 5.56 Å². The average Bonchev–Trinajstić information content (AvgIpc) is 2.57. The summed E-state index contributed by atoms with van der Waals surface area (Å²) in [6.07, 6.45) is 0. The maximum atomic E-state index is 12.2. The summed E-state index contributed by atoms with van der Waals surface area (Å²) < 4.78 is 0. The molecule has 0 radical (unpaired) electrons. The molecule has 0 spiro atoms. The van der Waals surface area contributed by atoms with Gasteiger partial charge in [-0.05, 0) is 38.1 Å². The Kier molecular flexibility index (Phi) is 5.89. The van der Waals surface area contributed by atoms with Crippen LogP contribution in [0.2, 0.25) is 0 Å². The van der Waals surface area contributed by atoms with E-state index in [-0.39, 0.29) is 18.2 Å². The second-order valence-corrected chi connectivity index (χ2v) is 5.84. The van der Waals surface area contributed by atoms with Crippen molar-refractivity contribution in [2.75, 3.05) is 24.2 Å². The Hall–Kier alpha value is -3.15. The minimum absolute atomic E-state index is 0.0815. The highest BCUT2D eigenvalue weighted by Gasteiger charge is 2.13. The van der Waals surface area contributed by atoms with Crippen LogP contribution in [0.3, 0.4) is 0 Å².